The van der Waals surface area contributed by atoms with Crippen molar-refractivity contribution in [3.8, 4) is 6.07 Å². The molecule has 1 atom stereocenters. The van der Waals surface area contributed by atoms with Crippen molar-refractivity contribution in [2.45, 2.75) is 33.1 Å². The highest BCUT2D eigenvalue weighted by molar-refractivity contribution is 5.90. The molecule has 0 aliphatic heterocycles. The van der Waals surface area contributed by atoms with E-state index in [4.69, 9.17) is 10.4 Å². The van der Waals surface area contributed by atoms with Gasteiger partial charge in [0.25, 0.3) is 0 Å². The lowest BCUT2D eigenvalue weighted by atomic mass is 9.98. The van der Waals surface area contributed by atoms with E-state index in [9.17, 15) is 4.79 Å². The van der Waals surface area contributed by atoms with Crippen LogP contribution in [0.4, 0.5) is 0 Å². The molecule has 1 N–H and O–H groups in total. The number of nitriles is 1. The largest absolute Gasteiger partial charge is 0.477 e. The highest BCUT2D eigenvalue weighted by Crippen LogP contribution is 2.14. The molecule has 3 nitrogen and oxygen atoms in total. The van der Waals surface area contributed by atoms with E-state index in [2.05, 4.69) is 0 Å². The number of carbonyl (C=O) groups is 1. The second kappa shape index (κ2) is 6.24. The fourth-order valence-corrected chi connectivity index (χ4v) is 1.17. The van der Waals surface area contributed by atoms with Gasteiger partial charge in [-0.2, -0.15) is 5.26 Å². The van der Waals surface area contributed by atoms with Crippen molar-refractivity contribution in [3.63, 3.8) is 0 Å². The molecule has 0 heterocycles. The Morgan fingerprint density at radius 1 is 1.62 bits per heavy atom. The number of allylic oxidation sites excluding steroid dienone is 1. The number of hydrogen-bond acceptors (Lipinski definition) is 2. The molecular weight excluding hydrogens is 166 g/mol. The van der Waals surface area contributed by atoms with Crippen LogP contribution in [0.5, 0.6) is 0 Å². The lowest BCUT2D eigenvalue weighted by Crippen LogP contribution is -2.02. The third-order valence-corrected chi connectivity index (χ3v) is 1.94. The van der Waals surface area contributed by atoms with E-state index in [0.29, 0.717) is 0 Å². The van der Waals surface area contributed by atoms with Gasteiger partial charge in [0.05, 0.1) is 0 Å². The van der Waals surface area contributed by atoms with Crippen LogP contribution in [0.25, 0.3) is 0 Å². The Balaban J connectivity index is 4.47. The molecule has 13 heavy (non-hydrogen) atoms. The first-order chi connectivity index (χ1) is 6.15. The number of carboxylic acids is 1. The highest BCUT2D eigenvalue weighted by atomic mass is 16.4. The van der Waals surface area contributed by atoms with Crippen LogP contribution in [0.1, 0.15) is 33.1 Å². The van der Waals surface area contributed by atoms with Gasteiger partial charge in [-0.15, -0.1) is 0 Å². The first-order valence-corrected chi connectivity index (χ1v) is 4.50. The van der Waals surface area contributed by atoms with E-state index in [-0.39, 0.29) is 11.5 Å². The first kappa shape index (κ1) is 11.7. The summed E-state index contributed by atoms with van der Waals surface area (Å²) in [4.78, 5) is 10.5. The summed E-state index contributed by atoms with van der Waals surface area (Å²) in [6.45, 7) is 4.04. The van der Waals surface area contributed by atoms with Crippen LogP contribution >= 0.6 is 0 Å². The molecule has 0 rings (SSSR count). The van der Waals surface area contributed by atoms with E-state index >= 15 is 0 Å². The van der Waals surface area contributed by atoms with Crippen LogP contribution in [-0.4, -0.2) is 11.1 Å². The SMILES string of the molecule is CCCC(C=C(C#N)C(=O)O)CC. The number of aliphatic carboxylic acids is 1. The van der Waals surface area contributed by atoms with Crippen molar-refractivity contribution in [2.24, 2.45) is 5.92 Å². The number of nitrogens with zero attached hydrogens (tertiary/aromatic N) is 1. The Hall–Kier alpha value is -1.30. The normalized spacial score (nSPS) is 13.5. The standard InChI is InChI=1S/C10H15NO2/c1-3-5-8(4-2)6-9(7-11)10(12)13/h6,8H,3-5H2,1-2H3,(H,12,13). The molecule has 0 aliphatic rings. The minimum atomic E-state index is -1.13. The Morgan fingerprint density at radius 3 is 2.54 bits per heavy atom. The molecule has 0 bridgehead atoms. The van der Waals surface area contributed by atoms with Crippen LogP contribution in [0, 0.1) is 17.2 Å². The minimum Gasteiger partial charge on any atom is -0.477 e. The fourth-order valence-electron chi connectivity index (χ4n) is 1.17. The van der Waals surface area contributed by atoms with Gasteiger partial charge < -0.3 is 5.11 Å². The van der Waals surface area contributed by atoms with Gasteiger partial charge in [0.15, 0.2) is 0 Å². The molecule has 3 heteroatoms. The van der Waals surface area contributed by atoms with Crippen molar-refractivity contribution in [3.05, 3.63) is 11.6 Å². The average molecular weight is 181 g/mol. The lowest BCUT2D eigenvalue weighted by Gasteiger charge is -2.07. The van der Waals surface area contributed by atoms with E-state index in [1.165, 1.54) is 0 Å². The Kier molecular flexibility index (Phi) is 5.62. The van der Waals surface area contributed by atoms with Crippen molar-refractivity contribution < 1.29 is 9.90 Å². The molecule has 0 aliphatic carbocycles. The maximum Gasteiger partial charge on any atom is 0.346 e. The summed E-state index contributed by atoms with van der Waals surface area (Å²) in [7, 11) is 0. The fraction of sp³-hybridized carbons (Fsp3) is 0.600. The van der Waals surface area contributed by atoms with Crippen LogP contribution in [0.15, 0.2) is 11.6 Å². The molecule has 0 fully saturated rings. The summed E-state index contributed by atoms with van der Waals surface area (Å²) in [5, 5.41) is 17.1. The van der Waals surface area contributed by atoms with Crippen LogP contribution in [-0.2, 0) is 4.79 Å². The molecule has 0 amide bonds. The molecule has 0 aromatic heterocycles. The zero-order valence-corrected chi connectivity index (χ0v) is 8.08. The van der Waals surface area contributed by atoms with Gasteiger partial charge in [0.1, 0.15) is 11.6 Å². The second-order valence-corrected chi connectivity index (χ2v) is 2.95. The zero-order valence-electron chi connectivity index (χ0n) is 8.08. The third kappa shape index (κ3) is 4.32. The number of carboxylic acid groups (broad SMARTS) is 1. The Bertz CT molecular complexity index is 238. The maximum absolute atomic E-state index is 10.5. The molecule has 0 radical (unpaired) electrons. The molecular formula is C10H15NO2. The van der Waals surface area contributed by atoms with E-state index in [0.717, 1.165) is 19.3 Å². The summed E-state index contributed by atoms with van der Waals surface area (Å²) in [6.07, 6.45) is 4.39. The molecule has 72 valence electrons. The summed E-state index contributed by atoms with van der Waals surface area (Å²) in [6, 6.07) is 1.69. The monoisotopic (exact) mass is 181 g/mol. The second-order valence-electron chi connectivity index (χ2n) is 2.95. The zero-order chi connectivity index (χ0) is 10.3. The van der Waals surface area contributed by atoms with Gasteiger partial charge in [0.2, 0.25) is 0 Å². The average Bonchev–Trinajstić information content (AvgIpc) is 2.11. The Morgan fingerprint density at radius 2 is 2.23 bits per heavy atom. The smallest absolute Gasteiger partial charge is 0.346 e. The van der Waals surface area contributed by atoms with Gasteiger partial charge >= 0.3 is 5.97 Å². The van der Waals surface area contributed by atoms with Crippen LogP contribution in [0.3, 0.4) is 0 Å². The summed E-state index contributed by atoms with van der Waals surface area (Å²) in [5.74, 6) is -0.909. The molecule has 0 saturated carbocycles. The van der Waals surface area contributed by atoms with Crippen LogP contribution < -0.4 is 0 Å². The summed E-state index contributed by atoms with van der Waals surface area (Å²) >= 11 is 0. The van der Waals surface area contributed by atoms with Gasteiger partial charge in [0, 0.05) is 0 Å². The van der Waals surface area contributed by atoms with Crippen molar-refractivity contribution in [2.75, 3.05) is 0 Å². The predicted octanol–water partition coefficient (Wildman–Crippen LogP) is 2.35. The maximum atomic E-state index is 10.5. The highest BCUT2D eigenvalue weighted by Gasteiger charge is 2.09. The van der Waals surface area contributed by atoms with Crippen molar-refractivity contribution in [1.29, 1.82) is 5.26 Å². The van der Waals surface area contributed by atoms with E-state index < -0.39 is 5.97 Å². The van der Waals surface area contributed by atoms with Gasteiger partial charge in [-0.3, -0.25) is 0 Å². The number of rotatable bonds is 5. The lowest BCUT2D eigenvalue weighted by molar-refractivity contribution is -0.132. The van der Waals surface area contributed by atoms with Crippen molar-refractivity contribution in [1.82, 2.24) is 0 Å². The molecule has 0 aromatic carbocycles. The van der Waals surface area contributed by atoms with E-state index in [1.807, 2.05) is 13.8 Å². The quantitative estimate of drug-likeness (QED) is 0.523. The molecule has 0 aromatic rings. The number of hydrogen-bond donors (Lipinski definition) is 1. The van der Waals surface area contributed by atoms with Gasteiger partial charge in [-0.05, 0) is 18.8 Å². The predicted molar refractivity (Wildman–Crippen MR) is 50.0 cm³/mol. The Labute approximate surface area is 78.7 Å². The topological polar surface area (TPSA) is 61.1 Å². The van der Waals surface area contributed by atoms with E-state index in [1.54, 1.807) is 12.1 Å². The van der Waals surface area contributed by atoms with Crippen LogP contribution in [0.2, 0.25) is 0 Å². The first-order valence-electron chi connectivity index (χ1n) is 4.50. The van der Waals surface area contributed by atoms with Crippen molar-refractivity contribution >= 4 is 5.97 Å². The minimum absolute atomic E-state index is 0.139. The molecule has 1 unspecified atom stereocenters. The summed E-state index contributed by atoms with van der Waals surface area (Å²) in [5.41, 5.74) is -0.139. The molecule has 0 saturated heterocycles. The third-order valence-electron chi connectivity index (χ3n) is 1.94. The summed E-state index contributed by atoms with van der Waals surface area (Å²) < 4.78 is 0. The van der Waals surface area contributed by atoms with Gasteiger partial charge in [-0.1, -0.05) is 26.3 Å². The van der Waals surface area contributed by atoms with Gasteiger partial charge in [-0.25, -0.2) is 4.79 Å². The molecule has 0 spiro atoms.